The minimum Gasteiger partial charge on any atom is -0.352 e. The predicted octanol–water partition coefficient (Wildman–Crippen LogP) is 6.74. The quantitative estimate of drug-likeness (QED) is 0.315. The molecule has 0 spiro atoms. The molecule has 0 aromatic heterocycles. The summed E-state index contributed by atoms with van der Waals surface area (Å²) in [6, 6.07) is 21.4. The number of hydrogen-bond donors (Lipinski definition) is 1. The molecule has 0 heterocycles. The first-order valence-corrected chi connectivity index (χ1v) is 12.7. The second kappa shape index (κ2) is 13.0. The number of benzene rings is 3. The average Bonchev–Trinajstić information content (AvgIpc) is 2.85. The van der Waals surface area contributed by atoms with Gasteiger partial charge in [-0.2, -0.15) is 0 Å². The van der Waals surface area contributed by atoms with Crippen molar-refractivity contribution >= 4 is 46.6 Å². The van der Waals surface area contributed by atoms with E-state index in [1.54, 1.807) is 23.1 Å². The van der Waals surface area contributed by atoms with E-state index in [4.69, 9.17) is 34.8 Å². The van der Waals surface area contributed by atoms with E-state index in [1.807, 2.05) is 68.4 Å². The van der Waals surface area contributed by atoms with Crippen LogP contribution in [0, 0.1) is 0 Å². The molecule has 0 unspecified atom stereocenters. The maximum Gasteiger partial charge on any atom is 0.243 e. The highest BCUT2D eigenvalue weighted by Gasteiger charge is 2.31. The Morgan fingerprint density at radius 3 is 2.20 bits per heavy atom. The summed E-state index contributed by atoms with van der Waals surface area (Å²) in [5, 5.41) is 4.40. The van der Waals surface area contributed by atoms with Gasteiger partial charge < -0.3 is 10.2 Å². The van der Waals surface area contributed by atoms with Gasteiger partial charge in [0.25, 0.3) is 0 Å². The molecule has 2 amide bonds. The summed E-state index contributed by atoms with van der Waals surface area (Å²) >= 11 is 18.7. The Labute approximate surface area is 222 Å². The van der Waals surface area contributed by atoms with Gasteiger partial charge in [0.05, 0.1) is 16.5 Å². The van der Waals surface area contributed by atoms with Crippen LogP contribution in [0.15, 0.2) is 72.8 Å². The zero-order valence-electron chi connectivity index (χ0n) is 19.8. The third kappa shape index (κ3) is 7.73. The maximum atomic E-state index is 13.7. The molecule has 7 heteroatoms. The van der Waals surface area contributed by atoms with Crippen LogP contribution in [0.2, 0.25) is 15.1 Å². The highest BCUT2D eigenvalue weighted by atomic mass is 35.5. The minimum atomic E-state index is -0.726. The van der Waals surface area contributed by atoms with Crippen LogP contribution in [0.25, 0.3) is 0 Å². The first-order chi connectivity index (χ1) is 16.8. The molecule has 184 valence electrons. The van der Waals surface area contributed by atoms with E-state index in [1.165, 1.54) is 0 Å². The topological polar surface area (TPSA) is 49.4 Å². The molecule has 3 aromatic rings. The van der Waals surface area contributed by atoms with Crippen LogP contribution in [0.1, 0.15) is 37.0 Å². The molecule has 35 heavy (non-hydrogen) atoms. The molecule has 1 N–H and O–H groups in total. The first kappa shape index (κ1) is 27.1. The molecule has 0 radical (unpaired) electrons. The molecular weight excluding hydrogens is 503 g/mol. The van der Waals surface area contributed by atoms with Gasteiger partial charge in [-0.15, -0.1) is 0 Å². The van der Waals surface area contributed by atoms with E-state index in [9.17, 15) is 9.59 Å². The van der Waals surface area contributed by atoms with Gasteiger partial charge in [0.2, 0.25) is 11.8 Å². The number of hydrogen-bond acceptors (Lipinski definition) is 2. The fraction of sp³-hybridized carbons (Fsp3) is 0.286. The Morgan fingerprint density at radius 1 is 0.857 bits per heavy atom. The van der Waals surface area contributed by atoms with Crippen LogP contribution in [-0.2, 0) is 29.0 Å². The third-order valence-corrected chi connectivity index (χ3v) is 7.02. The van der Waals surface area contributed by atoms with Crippen molar-refractivity contribution in [3.05, 3.63) is 105 Å². The lowest BCUT2D eigenvalue weighted by Gasteiger charge is -2.32. The normalized spacial score (nSPS) is 12.6. The molecule has 0 aliphatic rings. The zero-order chi connectivity index (χ0) is 25.4. The van der Waals surface area contributed by atoms with E-state index >= 15 is 0 Å². The fourth-order valence-electron chi connectivity index (χ4n) is 3.74. The van der Waals surface area contributed by atoms with Crippen molar-refractivity contribution in [2.75, 3.05) is 0 Å². The Kier molecular flexibility index (Phi) is 10.0. The summed E-state index contributed by atoms with van der Waals surface area (Å²) in [5.41, 5.74) is 2.45. The van der Waals surface area contributed by atoms with Crippen LogP contribution in [0.4, 0.5) is 0 Å². The van der Waals surface area contributed by atoms with Crippen molar-refractivity contribution in [3.63, 3.8) is 0 Å². The van der Waals surface area contributed by atoms with Gasteiger partial charge in [-0.1, -0.05) is 96.3 Å². The van der Waals surface area contributed by atoms with Gasteiger partial charge in [-0.3, -0.25) is 9.59 Å². The third-order valence-electron chi connectivity index (χ3n) is 5.91. The first-order valence-electron chi connectivity index (χ1n) is 11.6. The Bertz CT molecular complexity index is 1150. The second-order valence-corrected chi connectivity index (χ2v) is 9.78. The van der Waals surface area contributed by atoms with Crippen molar-refractivity contribution in [3.8, 4) is 0 Å². The summed E-state index contributed by atoms with van der Waals surface area (Å²) in [6.45, 7) is 4.16. The fourth-order valence-corrected chi connectivity index (χ4v) is 4.26. The second-order valence-electron chi connectivity index (χ2n) is 8.56. The van der Waals surface area contributed by atoms with E-state index in [0.717, 1.165) is 17.5 Å². The average molecular weight is 532 g/mol. The van der Waals surface area contributed by atoms with Crippen molar-refractivity contribution in [1.82, 2.24) is 10.2 Å². The Hall–Kier alpha value is -2.53. The molecule has 0 aliphatic carbocycles. The smallest absolute Gasteiger partial charge is 0.243 e. The lowest BCUT2D eigenvalue weighted by Crippen LogP contribution is -2.52. The number of amides is 2. The van der Waals surface area contributed by atoms with Gasteiger partial charge in [-0.05, 0) is 48.2 Å². The molecule has 0 saturated heterocycles. The van der Waals surface area contributed by atoms with Gasteiger partial charge in [0.15, 0.2) is 0 Å². The van der Waals surface area contributed by atoms with Gasteiger partial charge in [0.1, 0.15) is 6.04 Å². The number of nitrogens with one attached hydrogen (secondary N) is 1. The molecule has 3 rings (SSSR count). The van der Waals surface area contributed by atoms with Crippen LogP contribution >= 0.6 is 34.8 Å². The molecule has 0 aliphatic heterocycles. The molecule has 0 fully saturated rings. The summed E-state index contributed by atoms with van der Waals surface area (Å²) in [4.78, 5) is 28.9. The number of rotatable bonds is 10. The number of carbonyl (C=O) groups is 2. The van der Waals surface area contributed by atoms with Crippen molar-refractivity contribution in [2.24, 2.45) is 0 Å². The van der Waals surface area contributed by atoms with Gasteiger partial charge in [-0.25, -0.2) is 0 Å². The van der Waals surface area contributed by atoms with Gasteiger partial charge in [0, 0.05) is 24.0 Å². The standard InChI is InChI=1S/C28H29Cl3N2O2/c1-3-19(2)32-28(35)26(16-20-9-5-4-6-10-20)33(18-21-13-14-24(30)25(31)15-21)27(34)17-22-11-7-8-12-23(22)29/h4-15,19,26H,3,16-18H2,1-2H3,(H,32,35)/t19-,26-/m1/s1. The number of nitrogens with zero attached hydrogens (tertiary/aromatic N) is 1. The largest absolute Gasteiger partial charge is 0.352 e. The molecule has 2 atom stereocenters. The minimum absolute atomic E-state index is 0.0220. The van der Waals surface area contributed by atoms with Crippen LogP contribution in [-0.4, -0.2) is 28.8 Å². The predicted molar refractivity (Wildman–Crippen MR) is 144 cm³/mol. The van der Waals surface area contributed by atoms with E-state index in [0.29, 0.717) is 27.1 Å². The summed E-state index contributed by atoms with van der Waals surface area (Å²) in [6.07, 6.45) is 1.23. The molecule has 4 nitrogen and oxygen atoms in total. The highest BCUT2D eigenvalue weighted by Crippen LogP contribution is 2.25. The van der Waals surface area contributed by atoms with Crippen molar-refractivity contribution in [2.45, 2.75) is 51.7 Å². The maximum absolute atomic E-state index is 13.7. The van der Waals surface area contributed by atoms with Gasteiger partial charge >= 0.3 is 0 Å². The van der Waals surface area contributed by atoms with Crippen LogP contribution < -0.4 is 5.32 Å². The number of halogens is 3. The Morgan fingerprint density at radius 2 is 1.54 bits per heavy atom. The molecule has 0 saturated carbocycles. The van der Waals surface area contributed by atoms with Crippen LogP contribution in [0.5, 0.6) is 0 Å². The molecule has 0 bridgehead atoms. The van der Waals surface area contributed by atoms with E-state index in [2.05, 4.69) is 5.32 Å². The summed E-state index contributed by atoms with van der Waals surface area (Å²) in [5.74, 6) is -0.403. The molecular formula is C28H29Cl3N2O2. The highest BCUT2D eigenvalue weighted by molar-refractivity contribution is 6.42. The van der Waals surface area contributed by atoms with Crippen molar-refractivity contribution < 1.29 is 9.59 Å². The van der Waals surface area contributed by atoms with Crippen molar-refractivity contribution in [1.29, 1.82) is 0 Å². The lowest BCUT2D eigenvalue weighted by molar-refractivity contribution is -0.141. The zero-order valence-corrected chi connectivity index (χ0v) is 22.1. The summed E-state index contributed by atoms with van der Waals surface area (Å²) in [7, 11) is 0. The Balaban J connectivity index is 2.00. The lowest BCUT2D eigenvalue weighted by atomic mass is 10.0. The number of carbonyl (C=O) groups excluding carboxylic acids is 2. The van der Waals surface area contributed by atoms with E-state index in [-0.39, 0.29) is 30.8 Å². The summed E-state index contributed by atoms with van der Waals surface area (Å²) < 4.78 is 0. The van der Waals surface area contributed by atoms with E-state index < -0.39 is 6.04 Å². The molecule has 3 aromatic carbocycles. The monoisotopic (exact) mass is 530 g/mol. The van der Waals surface area contributed by atoms with Crippen LogP contribution in [0.3, 0.4) is 0 Å². The SMILES string of the molecule is CC[C@@H](C)NC(=O)[C@@H](Cc1ccccc1)N(Cc1ccc(Cl)c(Cl)c1)C(=O)Cc1ccccc1Cl.